The Kier molecular flexibility index (Phi) is 7.69. The molecule has 0 saturated heterocycles. The molecule has 1 unspecified atom stereocenters. The Morgan fingerprint density at radius 3 is 2.49 bits per heavy atom. The number of ether oxygens (including phenoxy) is 1. The van der Waals surface area contributed by atoms with Gasteiger partial charge >= 0.3 is 5.97 Å². The van der Waals surface area contributed by atoms with Gasteiger partial charge in [0.2, 0.25) is 10.0 Å². The number of imidazole rings is 1. The fourth-order valence-corrected chi connectivity index (χ4v) is 6.03. The summed E-state index contributed by atoms with van der Waals surface area (Å²) in [4.78, 5) is 17.7. The van der Waals surface area contributed by atoms with Crippen LogP contribution in [0.25, 0.3) is 0 Å². The number of hydrogen-bond acceptors (Lipinski definition) is 6. The molecule has 35 heavy (non-hydrogen) atoms. The van der Waals surface area contributed by atoms with E-state index in [1.54, 1.807) is 60.8 Å². The first kappa shape index (κ1) is 25.1. The lowest BCUT2D eigenvalue weighted by atomic mass is 9.82. The van der Waals surface area contributed by atoms with Crippen molar-refractivity contribution in [3.05, 3.63) is 78.9 Å². The van der Waals surface area contributed by atoms with Crippen LogP contribution in [0.4, 0.5) is 0 Å². The van der Waals surface area contributed by atoms with Crippen molar-refractivity contribution in [1.82, 2.24) is 14.3 Å². The van der Waals surface area contributed by atoms with Gasteiger partial charge in [0.05, 0.1) is 4.90 Å². The van der Waals surface area contributed by atoms with E-state index < -0.39 is 27.5 Å². The van der Waals surface area contributed by atoms with Crippen molar-refractivity contribution in [2.24, 2.45) is 5.92 Å². The number of carbonyl (C=O) groups is 1. The number of nitrogens with one attached hydrogen (secondary N) is 1. The predicted octanol–water partition coefficient (Wildman–Crippen LogP) is 3.46. The molecule has 8 nitrogen and oxygen atoms in total. The summed E-state index contributed by atoms with van der Waals surface area (Å²) in [5, 5.41) is 11.7. The van der Waals surface area contributed by atoms with Crippen molar-refractivity contribution in [3.8, 4) is 5.75 Å². The molecule has 9 heteroatoms. The van der Waals surface area contributed by atoms with Crippen LogP contribution in [0.1, 0.15) is 37.9 Å². The topological polar surface area (TPSA) is 111 Å². The number of aliphatic hydroxyl groups is 1. The van der Waals surface area contributed by atoms with Crippen LogP contribution in [-0.4, -0.2) is 40.7 Å². The molecule has 4 rings (SSSR count). The maximum absolute atomic E-state index is 13.3. The van der Waals surface area contributed by atoms with Crippen molar-refractivity contribution in [2.45, 2.75) is 62.1 Å². The molecular formula is C26H31N3O5S. The van der Waals surface area contributed by atoms with E-state index in [0.717, 1.165) is 5.82 Å². The Hall–Kier alpha value is -3.01. The fourth-order valence-electron chi connectivity index (χ4n) is 4.73. The molecule has 3 aromatic rings. The summed E-state index contributed by atoms with van der Waals surface area (Å²) in [6.45, 7) is 2.50. The number of benzene rings is 2. The zero-order chi connectivity index (χ0) is 24.9. The maximum Gasteiger partial charge on any atom is 0.343 e. The molecule has 1 aromatic heterocycles. The van der Waals surface area contributed by atoms with Gasteiger partial charge < -0.3 is 14.4 Å². The van der Waals surface area contributed by atoms with E-state index in [1.807, 2.05) is 23.8 Å². The van der Waals surface area contributed by atoms with E-state index in [2.05, 4.69) is 9.71 Å². The van der Waals surface area contributed by atoms with Crippen molar-refractivity contribution in [2.75, 3.05) is 0 Å². The molecule has 2 N–H and O–H groups in total. The van der Waals surface area contributed by atoms with E-state index in [1.165, 1.54) is 0 Å². The molecule has 186 valence electrons. The molecule has 1 aliphatic carbocycles. The molecule has 2 aromatic carbocycles. The Morgan fingerprint density at radius 2 is 1.83 bits per heavy atom. The smallest absolute Gasteiger partial charge is 0.343 e. The van der Waals surface area contributed by atoms with Gasteiger partial charge in [-0.05, 0) is 63.3 Å². The minimum Gasteiger partial charge on any atom is -0.424 e. The predicted molar refractivity (Wildman–Crippen MR) is 131 cm³/mol. The van der Waals surface area contributed by atoms with Crippen molar-refractivity contribution in [1.29, 1.82) is 0 Å². The average Bonchev–Trinajstić information content (AvgIpc) is 3.49. The van der Waals surface area contributed by atoms with Gasteiger partial charge in [-0.25, -0.2) is 22.9 Å². The monoisotopic (exact) mass is 497 g/mol. The van der Waals surface area contributed by atoms with Crippen LogP contribution in [-0.2, 0) is 21.4 Å². The first-order valence-corrected chi connectivity index (χ1v) is 13.3. The summed E-state index contributed by atoms with van der Waals surface area (Å²) in [6, 6.07) is 16.5. The first-order valence-electron chi connectivity index (χ1n) is 11.8. The molecule has 0 aliphatic heterocycles. The van der Waals surface area contributed by atoms with Crippen LogP contribution in [0.5, 0.6) is 5.75 Å². The first-order chi connectivity index (χ1) is 16.8. The maximum atomic E-state index is 13.3. The highest BCUT2D eigenvalue weighted by molar-refractivity contribution is 7.89. The van der Waals surface area contributed by atoms with Crippen LogP contribution in [0.15, 0.2) is 78.0 Å². The number of aromatic nitrogens is 2. The van der Waals surface area contributed by atoms with Gasteiger partial charge in [0.1, 0.15) is 11.6 Å². The summed E-state index contributed by atoms with van der Waals surface area (Å²) < 4.78 is 35.8. The summed E-state index contributed by atoms with van der Waals surface area (Å²) in [5.41, 5.74) is -1.74. The lowest BCUT2D eigenvalue weighted by Crippen LogP contribution is -2.48. The second-order valence-electron chi connectivity index (χ2n) is 9.04. The highest BCUT2D eigenvalue weighted by Crippen LogP contribution is 2.39. The van der Waals surface area contributed by atoms with Gasteiger partial charge in [0, 0.05) is 30.9 Å². The van der Waals surface area contributed by atoms with Gasteiger partial charge in [0.15, 0.2) is 5.60 Å². The number of sulfonamides is 1. The highest BCUT2D eigenvalue weighted by Gasteiger charge is 2.48. The summed E-state index contributed by atoms with van der Waals surface area (Å²) in [6.07, 6.45) is 5.68. The van der Waals surface area contributed by atoms with Crippen LogP contribution in [0, 0.1) is 12.8 Å². The molecule has 0 spiro atoms. The highest BCUT2D eigenvalue weighted by atomic mass is 32.2. The van der Waals surface area contributed by atoms with Crippen LogP contribution < -0.4 is 9.46 Å². The third-order valence-corrected chi connectivity index (χ3v) is 8.21. The number of aryl methyl sites for hydroxylation is 2. The van der Waals surface area contributed by atoms with Gasteiger partial charge in [0.25, 0.3) is 0 Å². The number of para-hydroxylation sites is 1. The zero-order valence-electron chi connectivity index (χ0n) is 19.7. The number of esters is 1. The van der Waals surface area contributed by atoms with Crippen molar-refractivity contribution < 1.29 is 23.1 Å². The second kappa shape index (κ2) is 10.7. The van der Waals surface area contributed by atoms with Crippen LogP contribution in [0.2, 0.25) is 0 Å². The van der Waals surface area contributed by atoms with E-state index in [-0.39, 0.29) is 17.4 Å². The zero-order valence-corrected chi connectivity index (χ0v) is 20.5. The number of nitrogens with zero attached hydrogens (tertiary/aromatic N) is 2. The van der Waals surface area contributed by atoms with Gasteiger partial charge in [-0.1, -0.05) is 36.4 Å². The second-order valence-corrected chi connectivity index (χ2v) is 10.8. The molecule has 0 bridgehead atoms. The number of carbonyl (C=O) groups excluding carboxylic acids is 1. The third kappa shape index (κ3) is 5.98. The van der Waals surface area contributed by atoms with Crippen molar-refractivity contribution >= 4 is 16.0 Å². The molecule has 1 fully saturated rings. The van der Waals surface area contributed by atoms with Gasteiger partial charge in [-0.2, -0.15) is 0 Å². The van der Waals surface area contributed by atoms with Gasteiger partial charge in [-0.15, -0.1) is 0 Å². The average molecular weight is 498 g/mol. The summed E-state index contributed by atoms with van der Waals surface area (Å²) >= 11 is 0. The molecule has 1 aliphatic rings. The van der Waals surface area contributed by atoms with E-state index >= 15 is 0 Å². The Labute approximate surface area is 206 Å². The fraction of sp³-hybridized carbons (Fsp3) is 0.385. The number of rotatable bonds is 10. The van der Waals surface area contributed by atoms with E-state index in [4.69, 9.17) is 4.74 Å². The molecule has 3 atom stereocenters. The Bertz CT molecular complexity index is 1230. The molecule has 0 amide bonds. The molecular weight excluding hydrogens is 466 g/mol. The molecule has 1 heterocycles. The minimum absolute atomic E-state index is 0.193. The Balaban J connectivity index is 1.48. The lowest BCUT2D eigenvalue weighted by molar-refractivity contribution is -0.163. The van der Waals surface area contributed by atoms with E-state index in [9.17, 15) is 18.3 Å². The van der Waals surface area contributed by atoms with Crippen molar-refractivity contribution in [3.63, 3.8) is 0 Å². The summed E-state index contributed by atoms with van der Waals surface area (Å²) in [7, 11) is -3.69. The summed E-state index contributed by atoms with van der Waals surface area (Å²) in [5.74, 6) is 0.0750. The lowest BCUT2D eigenvalue weighted by Gasteiger charge is -2.32. The third-order valence-electron chi connectivity index (χ3n) is 6.67. The standard InChI is InChI=1S/C26H31N3O5S/c1-20-27-16-18-29(20)17-8-15-26(31,25(30)34-23-9-4-2-5-10-23)21-13-14-22(19-21)28-35(32,33)24-11-6-3-7-12-24/h2-7,9-12,16,18,21-22,28,31H,8,13-15,17,19H2,1H3/t21-,22?,26+/m0/s1. The van der Waals surface area contributed by atoms with Gasteiger partial charge in [-0.3, -0.25) is 0 Å². The number of hydrogen-bond donors (Lipinski definition) is 2. The molecule has 0 radical (unpaired) electrons. The van der Waals surface area contributed by atoms with Crippen LogP contribution >= 0.6 is 0 Å². The minimum atomic E-state index is -3.69. The normalized spacial score (nSPS) is 19.8. The largest absolute Gasteiger partial charge is 0.424 e. The quantitative estimate of drug-likeness (QED) is 0.328. The SMILES string of the molecule is Cc1nccn1CCC[C@](O)(C(=O)Oc1ccccc1)[C@H]1CCC(NS(=O)(=O)c2ccccc2)C1. The molecule has 1 saturated carbocycles. The Morgan fingerprint density at radius 1 is 1.14 bits per heavy atom. The van der Waals surface area contributed by atoms with Crippen LogP contribution in [0.3, 0.4) is 0 Å². The van der Waals surface area contributed by atoms with E-state index in [0.29, 0.717) is 38.0 Å².